The molecular formula is C17H21NO3S. The smallest absolute Gasteiger partial charge is 0.293 e. The van der Waals surface area contributed by atoms with Crippen LogP contribution in [0.4, 0.5) is 4.79 Å². The molecule has 1 heterocycles. The fourth-order valence-electron chi connectivity index (χ4n) is 2.06. The van der Waals surface area contributed by atoms with E-state index in [1.165, 1.54) is 4.90 Å². The third-order valence-electron chi connectivity index (χ3n) is 3.43. The van der Waals surface area contributed by atoms with E-state index < -0.39 is 0 Å². The van der Waals surface area contributed by atoms with Crippen LogP contribution in [0.3, 0.4) is 0 Å². The lowest BCUT2D eigenvalue weighted by Crippen LogP contribution is -2.28. The highest BCUT2D eigenvalue weighted by molar-refractivity contribution is 8.18. The van der Waals surface area contributed by atoms with E-state index in [1.54, 1.807) is 6.08 Å². The first-order valence-electron chi connectivity index (χ1n) is 7.57. The van der Waals surface area contributed by atoms with Gasteiger partial charge in [0.15, 0.2) is 0 Å². The average Bonchev–Trinajstić information content (AvgIpc) is 2.77. The van der Waals surface area contributed by atoms with Crippen LogP contribution in [0.5, 0.6) is 5.75 Å². The van der Waals surface area contributed by atoms with E-state index in [2.05, 4.69) is 6.92 Å². The quantitative estimate of drug-likeness (QED) is 0.733. The van der Waals surface area contributed by atoms with Crippen LogP contribution in [0, 0.1) is 0 Å². The minimum Gasteiger partial charge on any atom is -0.490 e. The summed E-state index contributed by atoms with van der Waals surface area (Å²) < 4.78 is 5.88. The van der Waals surface area contributed by atoms with Gasteiger partial charge in [-0.15, -0.1) is 0 Å². The van der Waals surface area contributed by atoms with Crippen LogP contribution in [-0.2, 0) is 4.79 Å². The molecule has 0 radical (unpaired) electrons. The standard InChI is InChI=1S/C17H21NO3S/c1-4-10-18-16(19)15(22-17(18)20)11-13-8-6-7-9-14(13)21-12(3)5-2/h6-9,11-12H,4-5,10H2,1-3H3/b15-11+/t12-/m1/s1. The summed E-state index contributed by atoms with van der Waals surface area (Å²) in [4.78, 5) is 25.9. The number of carbonyl (C=O) groups excluding carboxylic acids is 2. The minimum atomic E-state index is -0.213. The van der Waals surface area contributed by atoms with Crippen molar-refractivity contribution in [3.8, 4) is 5.75 Å². The fourth-order valence-corrected chi connectivity index (χ4v) is 2.92. The van der Waals surface area contributed by atoms with E-state index in [1.807, 2.05) is 38.1 Å². The molecule has 0 unspecified atom stereocenters. The number of hydrogen-bond acceptors (Lipinski definition) is 4. The molecule has 1 aliphatic heterocycles. The summed E-state index contributed by atoms with van der Waals surface area (Å²) in [6.45, 7) is 6.48. The van der Waals surface area contributed by atoms with Crippen LogP contribution in [0.2, 0.25) is 0 Å². The lowest BCUT2D eigenvalue weighted by molar-refractivity contribution is -0.122. The van der Waals surface area contributed by atoms with Crippen LogP contribution < -0.4 is 4.74 Å². The predicted molar refractivity (Wildman–Crippen MR) is 89.8 cm³/mol. The van der Waals surface area contributed by atoms with Gasteiger partial charge in [-0.1, -0.05) is 32.0 Å². The Kier molecular flexibility index (Phi) is 5.66. The highest BCUT2D eigenvalue weighted by Crippen LogP contribution is 2.34. The molecule has 0 aliphatic carbocycles. The molecule has 2 amide bonds. The largest absolute Gasteiger partial charge is 0.490 e. The number of imide groups is 1. The second kappa shape index (κ2) is 7.49. The highest BCUT2D eigenvalue weighted by atomic mass is 32.2. The number of hydrogen-bond donors (Lipinski definition) is 0. The Morgan fingerprint density at radius 1 is 1.27 bits per heavy atom. The molecule has 22 heavy (non-hydrogen) atoms. The number of rotatable bonds is 6. The molecule has 1 aromatic carbocycles. The number of amides is 2. The maximum Gasteiger partial charge on any atom is 0.293 e. The van der Waals surface area contributed by atoms with Crippen molar-refractivity contribution in [2.45, 2.75) is 39.7 Å². The van der Waals surface area contributed by atoms with Gasteiger partial charge in [0.05, 0.1) is 11.0 Å². The first kappa shape index (κ1) is 16.6. The molecule has 1 atom stereocenters. The zero-order valence-electron chi connectivity index (χ0n) is 13.2. The molecule has 1 fully saturated rings. The van der Waals surface area contributed by atoms with Crippen molar-refractivity contribution in [1.29, 1.82) is 0 Å². The fraction of sp³-hybridized carbons (Fsp3) is 0.412. The summed E-state index contributed by atoms with van der Waals surface area (Å²) in [7, 11) is 0. The van der Waals surface area contributed by atoms with Crippen molar-refractivity contribution in [2.75, 3.05) is 6.54 Å². The van der Waals surface area contributed by atoms with Crippen LogP contribution in [0.25, 0.3) is 6.08 Å². The van der Waals surface area contributed by atoms with Crippen molar-refractivity contribution >= 4 is 29.0 Å². The topological polar surface area (TPSA) is 46.6 Å². The number of benzene rings is 1. The van der Waals surface area contributed by atoms with Gasteiger partial charge in [0.2, 0.25) is 0 Å². The third kappa shape index (κ3) is 3.71. The Hall–Kier alpha value is -1.75. The second-order valence-corrected chi connectivity index (χ2v) is 6.20. The Bertz CT molecular complexity index is 597. The maximum absolute atomic E-state index is 12.3. The molecule has 2 rings (SSSR count). The SMILES string of the molecule is CCCN1C(=O)S/C(=C/c2ccccc2O[C@H](C)CC)C1=O. The Morgan fingerprint density at radius 2 is 2.00 bits per heavy atom. The normalized spacial score (nSPS) is 18.1. The maximum atomic E-state index is 12.3. The van der Waals surface area contributed by atoms with Gasteiger partial charge in [-0.05, 0) is 43.7 Å². The van der Waals surface area contributed by atoms with E-state index in [0.717, 1.165) is 35.9 Å². The van der Waals surface area contributed by atoms with E-state index in [4.69, 9.17) is 4.74 Å². The molecule has 0 bridgehead atoms. The van der Waals surface area contributed by atoms with E-state index in [0.29, 0.717) is 11.4 Å². The molecule has 0 saturated carbocycles. The summed E-state index contributed by atoms with van der Waals surface area (Å²) in [6.07, 6.45) is 3.52. The van der Waals surface area contributed by atoms with Crippen molar-refractivity contribution in [1.82, 2.24) is 4.90 Å². The highest BCUT2D eigenvalue weighted by Gasteiger charge is 2.34. The van der Waals surface area contributed by atoms with Gasteiger partial charge >= 0.3 is 0 Å². The van der Waals surface area contributed by atoms with Gasteiger partial charge in [0.1, 0.15) is 5.75 Å². The van der Waals surface area contributed by atoms with Crippen LogP contribution in [0.15, 0.2) is 29.2 Å². The van der Waals surface area contributed by atoms with Crippen LogP contribution >= 0.6 is 11.8 Å². The zero-order chi connectivity index (χ0) is 16.1. The summed E-state index contributed by atoms with van der Waals surface area (Å²) in [5.41, 5.74) is 0.824. The van der Waals surface area contributed by atoms with E-state index >= 15 is 0 Å². The van der Waals surface area contributed by atoms with Gasteiger partial charge in [0.25, 0.3) is 11.1 Å². The van der Waals surface area contributed by atoms with Crippen LogP contribution in [-0.4, -0.2) is 28.7 Å². The Morgan fingerprint density at radius 3 is 2.68 bits per heavy atom. The second-order valence-electron chi connectivity index (χ2n) is 5.21. The number of para-hydroxylation sites is 1. The molecule has 118 valence electrons. The molecule has 1 aliphatic rings. The number of nitrogens with zero attached hydrogens (tertiary/aromatic N) is 1. The summed E-state index contributed by atoms with van der Waals surface area (Å²) >= 11 is 0.993. The van der Waals surface area contributed by atoms with Crippen molar-refractivity contribution in [2.24, 2.45) is 0 Å². The molecule has 1 saturated heterocycles. The Balaban J connectivity index is 2.26. The Labute approximate surface area is 135 Å². The molecule has 0 spiro atoms. The molecule has 0 aromatic heterocycles. The minimum absolute atomic E-state index is 0.102. The van der Waals surface area contributed by atoms with Crippen molar-refractivity contribution < 1.29 is 14.3 Å². The van der Waals surface area contributed by atoms with Crippen LogP contribution in [0.1, 0.15) is 39.2 Å². The molecule has 0 N–H and O–H groups in total. The summed E-state index contributed by atoms with van der Waals surface area (Å²) in [5.74, 6) is 0.523. The average molecular weight is 319 g/mol. The zero-order valence-corrected chi connectivity index (χ0v) is 14.0. The molecular weight excluding hydrogens is 298 g/mol. The third-order valence-corrected chi connectivity index (χ3v) is 4.34. The first-order valence-corrected chi connectivity index (χ1v) is 8.39. The van der Waals surface area contributed by atoms with Gasteiger partial charge in [-0.3, -0.25) is 14.5 Å². The van der Waals surface area contributed by atoms with Gasteiger partial charge in [-0.2, -0.15) is 0 Å². The number of carbonyl (C=O) groups is 2. The first-order chi connectivity index (χ1) is 10.6. The number of thioether (sulfide) groups is 1. The molecule has 1 aromatic rings. The van der Waals surface area contributed by atoms with E-state index in [-0.39, 0.29) is 17.3 Å². The van der Waals surface area contributed by atoms with Gasteiger partial charge in [0, 0.05) is 12.1 Å². The summed E-state index contributed by atoms with van der Waals surface area (Å²) in [6, 6.07) is 7.57. The predicted octanol–water partition coefficient (Wildman–Crippen LogP) is 4.31. The van der Waals surface area contributed by atoms with Crippen molar-refractivity contribution in [3.63, 3.8) is 0 Å². The van der Waals surface area contributed by atoms with Gasteiger partial charge < -0.3 is 4.74 Å². The van der Waals surface area contributed by atoms with Crippen molar-refractivity contribution in [3.05, 3.63) is 34.7 Å². The summed E-state index contributed by atoms with van der Waals surface area (Å²) in [5, 5.41) is -0.196. The lowest BCUT2D eigenvalue weighted by Gasteiger charge is -2.14. The molecule has 5 heteroatoms. The molecule has 4 nitrogen and oxygen atoms in total. The lowest BCUT2D eigenvalue weighted by atomic mass is 10.1. The van der Waals surface area contributed by atoms with Gasteiger partial charge in [-0.25, -0.2) is 0 Å². The van der Waals surface area contributed by atoms with E-state index in [9.17, 15) is 9.59 Å². The number of ether oxygens (including phenoxy) is 1. The monoisotopic (exact) mass is 319 g/mol.